The first-order valence-electron chi connectivity index (χ1n) is 4.07. The topological polar surface area (TPSA) is 30.8 Å². The van der Waals surface area contributed by atoms with Crippen LogP contribution in [0, 0.1) is 0 Å². The van der Waals surface area contributed by atoms with Crippen LogP contribution in [0.4, 0.5) is 0 Å². The summed E-state index contributed by atoms with van der Waals surface area (Å²) in [7, 11) is 1.52. The number of oxime groups is 1. The van der Waals surface area contributed by atoms with Crippen molar-refractivity contribution in [2.45, 2.75) is 6.92 Å². The monoisotopic (exact) mass is 179 g/mol. The molecule has 0 atom stereocenters. The first-order valence-corrected chi connectivity index (χ1v) is 4.07. The standard InChI is InChI=1S/C10H13NO2/c1-9(11-12-2)8-13-10-6-4-3-5-7-10/h3-7H,8H2,1-2H3/b11-9-. The molecule has 3 heteroatoms. The minimum Gasteiger partial charge on any atom is -0.488 e. The molecule has 0 amide bonds. The van der Waals surface area contributed by atoms with E-state index >= 15 is 0 Å². The molecular weight excluding hydrogens is 166 g/mol. The molecule has 0 aliphatic heterocycles. The van der Waals surface area contributed by atoms with E-state index in [0.29, 0.717) is 6.61 Å². The highest BCUT2D eigenvalue weighted by Gasteiger charge is 1.94. The van der Waals surface area contributed by atoms with Gasteiger partial charge in [-0.05, 0) is 19.1 Å². The van der Waals surface area contributed by atoms with Gasteiger partial charge in [-0.1, -0.05) is 23.4 Å². The van der Waals surface area contributed by atoms with E-state index in [1.54, 1.807) is 0 Å². The second-order valence-corrected chi connectivity index (χ2v) is 2.61. The number of nitrogens with zero attached hydrogens (tertiary/aromatic N) is 1. The molecule has 0 saturated heterocycles. The quantitative estimate of drug-likeness (QED) is 0.523. The first kappa shape index (κ1) is 9.58. The fourth-order valence-corrected chi connectivity index (χ4v) is 0.887. The second kappa shape index (κ2) is 5.19. The van der Waals surface area contributed by atoms with E-state index in [1.807, 2.05) is 37.3 Å². The molecule has 0 aromatic heterocycles. The molecule has 1 aromatic carbocycles. The summed E-state index contributed by atoms with van der Waals surface area (Å²) in [5.41, 5.74) is 0.811. The predicted octanol–water partition coefficient (Wildman–Crippen LogP) is 2.09. The van der Waals surface area contributed by atoms with E-state index in [1.165, 1.54) is 7.11 Å². The van der Waals surface area contributed by atoms with Gasteiger partial charge in [0.2, 0.25) is 0 Å². The smallest absolute Gasteiger partial charge is 0.129 e. The first-order chi connectivity index (χ1) is 6.33. The lowest BCUT2D eigenvalue weighted by molar-refractivity contribution is 0.209. The van der Waals surface area contributed by atoms with E-state index in [9.17, 15) is 0 Å². The molecule has 0 fully saturated rings. The summed E-state index contributed by atoms with van der Waals surface area (Å²) in [5, 5.41) is 3.73. The van der Waals surface area contributed by atoms with Crippen molar-refractivity contribution in [3.8, 4) is 5.75 Å². The summed E-state index contributed by atoms with van der Waals surface area (Å²) in [6.45, 7) is 2.31. The van der Waals surface area contributed by atoms with Gasteiger partial charge in [0.25, 0.3) is 0 Å². The van der Waals surface area contributed by atoms with Gasteiger partial charge in [0.15, 0.2) is 0 Å². The summed E-state index contributed by atoms with van der Waals surface area (Å²) in [5.74, 6) is 0.841. The lowest BCUT2D eigenvalue weighted by Crippen LogP contribution is -2.07. The van der Waals surface area contributed by atoms with Crippen LogP contribution in [-0.2, 0) is 4.84 Å². The Labute approximate surface area is 78.0 Å². The lowest BCUT2D eigenvalue weighted by Gasteiger charge is -2.04. The normalized spacial score (nSPS) is 11.1. The van der Waals surface area contributed by atoms with Gasteiger partial charge in [-0.2, -0.15) is 0 Å². The van der Waals surface area contributed by atoms with Crippen molar-refractivity contribution in [1.29, 1.82) is 0 Å². The summed E-state index contributed by atoms with van der Waals surface area (Å²) in [4.78, 5) is 4.60. The van der Waals surface area contributed by atoms with Crippen molar-refractivity contribution < 1.29 is 9.57 Å². The molecule has 70 valence electrons. The van der Waals surface area contributed by atoms with Crippen LogP contribution >= 0.6 is 0 Å². The molecule has 0 bridgehead atoms. The van der Waals surface area contributed by atoms with Crippen LogP contribution in [0.2, 0.25) is 0 Å². The van der Waals surface area contributed by atoms with Gasteiger partial charge < -0.3 is 9.57 Å². The molecule has 0 aliphatic carbocycles. The molecule has 0 saturated carbocycles. The van der Waals surface area contributed by atoms with Crippen LogP contribution in [0.15, 0.2) is 35.5 Å². The van der Waals surface area contributed by atoms with Crippen LogP contribution in [0.5, 0.6) is 5.75 Å². The van der Waals surface area contributed by atoms with Crippen molar-refractivity contribution in [2.75, 3.05) is 13.7 Å². The Morgan fingerprint density at radius 1 is 1.31 bits per heavy atom. The number of hydrogen-bond donors (Lipinski definition) is 0. The molecule has 13 heavy (non-hydrogen) atoms. The van der Waals surface area contributed by atoms with E-state index < -0.39 is 0 Å². The third-order valence-electron chi connectivity index (χ3n) is 1.44. The molecule has 0 unspecified atom stereocenters. The highest BCUT2D eigenvalue weighted by atomic mass is 16.6. The molecule has 0 radical (unpaired) electrons. The fourth-order valence-electron chi connectivity index (χ4n) is 0.887. The highest BCUT2D eigenvalue weighted by Crippen LogP contribution is 2.07. The maximum Gasteiger partial charge on any atom is 0.129 e. The van der Waals surface area contributed by atoms with Gasteiger partial charge >= 0.3 is 0 Å². The molecule has 0 N–H and O–H groups in total. The summed E-state index contributed by atoms with van der Waals surface area (Å²) in [6, 6.07) is 9.61. The zero-order chi connectivity index (χ0) is 9.52. The predicted molar refractivity (Wildman–Crippen MR) is 52.1 cm³/mol. The Morgan fingerprint density at radius 2 is 2.00 bits per heavy atom. The van der Waals surface area contributed by atoms with Gasteiger partial charge in [0, 0.05) is 0 Å². The van der Waals surface area contributed by atoms with Crippen molar-refractivity contribution in [3.63, 3.8) is 0 Å². The number of ether oxygens (including phenoxy) is 1. The maximum absolute atomic E-state index is 5.41. The molecule has 0 heterocycles. The van der Waals surface area contributed by atoms with Crippen LogP contribution in [0.3, 0.4) is 0 Å². The maximum atomic E-state index is 5.41. The lowest BCUT2D eigenvalue weighted by atomic mass is 10.3. The number of hydrogen-bond acceptors (Lipinski definition) is 3. The number of para-hydroxylation sites is 1. The number of benzene rings is 1. The Morgan fingerprint density at radius 3 is 2.62 bits per heavy atom. The van der Waals surface area contributed by atoms with Gasteiger partial charge in [0.1, 0.15) is 19.5 Å². The Kier molecular flexibility index (Phi) is 3.82. The third kappa shape index (κ3) is 3.60. The average molecular weight is 179 g/mol. The molecule has 0 aliphatic rings. The van der Waals surface area contributed by atoms with Crippen LogP contribution in [0.25, 0.3) is 0 Å². The van der Waals surface area contributed by atoms with Crippen molar-refractivity contribution in [2.24, 2.45) is 5.16 Å². The number of rotatable bonds is 4. The summed E-state index contributed by atoms with van der Waals surface area (Å²) >= 11 is 0. The van der Waals surface area contributed by atoms with Gasteiger partial charge in [-0.3, -0.25) is 0 Å². The van der Waals surface area contributed by atoms with Gasteiger partial charge in [-0.25, -0.2) is 0 Å². The molecule has 1 aromatic rings. The summed E-state index contributed by atoms with van der Waals surface area (Å²) < 4.78 is 5.41. The minimum absolute atomic E-state index is 0.456. The zero-order valence-corrected chi connectivity index (χ0v) is 7.86. The molecular formula is C10H13NO2. The third-order valence-corrected chi connectivity index (χ3v) is 1.44. The fraction of sp³-hybridized carbons (Fsp3) is 0.300. The van der Waals surface area contributed by atoms with E-state index in [0.717, 1.165) is 11.5 Å². The SMILES string of the molecule is CO/N=C(/C)COc1ccccc1. The van der Waals surface area contributed by atoms with Gasteiger partial charge in [0.05, 0.1) is 5.71 Å². The Hall–Kier alpha value is -1.51. The summed E-state index contributed by atoms with van der Waals surface area (Å²) in [6.07, 6.45) is 0. The Bertz CT molecular complexity index is 270. The molecule has 1 rings (SSSR count). The van der Waals surface area contributed by atoms with Crippen LogP contribution in [-0.4, -0.2) is 19.4 Å². The average Bonchev–Trinajstić information content (AvgIpc) is 2.17. The Balaban J connectivity index is 2.39. The highest BCUT2D eigenvalue weighted by molar-refractivity contribution is 5.82. The minimum atomic E-state index is 0.456. The second-order valence-electron chi connectivity index (χ2n) is 2.61. The van der Waals surface area contributed by atoms with E-state index in [2.05, 4.69) is 9.99 Å². The van der Waals surface area contributed by atoms with Crippen molar-refractivity contribution in [1.82, 2.24) is 0 Å². The zero-order valence-electron chi connectivity index (χ0n) is 7.86. The van der Waals surface area contributed by atoms with Crippen molar-refractivity contribution >= 4 is 5.71 Å². The van der Waals surface area contributed by atoms with E-state index in [4.69, 9.17) is 4.74 Å². The van der Waals surface area contributed by atoms with E-state index in [-0.39, 0.29) is 0 Å². The van der Waals surface area contributed by atoms with Crippen molar-refractivity contribution in [3.05, 3.63) is 30.3 Å². The largest absolute Gasteiger partial charge is 0.488 e. The molecule has 3 nitrogen and oxygen atoms in total. The van der Waals surface area contributed by atoms with Crippen LogP contribution in [0.1, 0.15) is 6.92 Å². The van der Waals surface area contributed by atoms with Gasteiger partial charge in [-0.15, -0.1) is 0 Å². The van der Waals surface area contributed by atoms with Crippen LogP contribution < -0.4 is 4.74 Å². The molecule has 0 spiro atoms.